The van der Waals surface area contributed by atoms with Gasteiger partial charge in [0.05, 0.1) is 18.0 Å². The lowest BCUT2D eigenvalue weighted by Crippen LogP contribution is -2.68. The third-order valence-corrected chi connectivity index (χ3v) is 7.29. The van der Waals surface area contributed by atoms with E-state index in [1.807, 2.05) is 16.7 Å². The van der Waals surface area contributed by atoms with Crippen LogP contribution in [0, 0.1) is 5.92 Å². The van der Waals surface area contributed by atoms with Gasteiger partial charge in [-0.3, -0.25) is 9.50 Å². The van der Waals surface area contributed by atoms with Crippen molar-refractivity contribution in [2.24, 2.45) is 5.92 Å². The molecule has 3 atom stereocenters. The number of H-pyrrole nitrogens is 1. The SMILES string of the molecule is O=C(NC12CC(C1)C2)O[C@@H]1CO[C@H](c2cc(Nc3nccc4nc(C5CC5)cn34)n[nH]2)[C@H]1F. The second-order valence-corrected chi connectivity index (χ2v) is 9.80. The Morgan fingerprint density at radius 3 is 2.94 bits per heavy atom. The number of alkyl halides is 1. The summed E-state index contributed by atoms with van der Waals surface area (Å²) in [4.78, 5) is 21.2. The van der Waals surface area contributed by atoms with Gasteiger partial charge in [-0.25, -0.2) is 19.2 Å². The molecular weight excluding hydrogens is 429 g/mol. The zero-order valence-corrected chi connectivity index (χ0v) is 17.8. The van der Waals surface area contributed by atoms with Crippen LogP contribution in [-0.2, 0) is 9.47 Å². The molecule has 3 aromatic rings. The number of nitrogens with one attached hydrogen (secondary N) is 3. The number of aromatic amines is 1. The normalized spacial score (nSPS) is 32.3. The zero-order chi connectivity index (χ0) is 22.2. The van der Waals surface area contributed by atoms with Gasteiger partial charge in [-0.1, -0.05) is 0 Å². The monoisotopic (exact) mass is 453 g/mol. The highest BCUT2D eigenvalue weighted by atomic mass is 19.1. The number of ether oxygens (including phenoxy) is 2. The van der Waals surface area contributed by atoms with Crippen LogP contribution in [-0.4, -0.2) is 55.1 Å². The molecule has 1 saturated heterocycles. The van der Waals surface area contributed by atoms with E-state index in [-0.39, 0.29) is 12.1 Å². The first-order valence-electron chi connectivity index (χ1n) is 11.5. The number of imidazole rings is 1. The van der Waals surface area contributed by atoms with Crippen LogP contribution in [0.2, 0.25) is 0 Å². The molecule has 0 spiro atoms. The van der Waals surface area contributed by atoms with Gasteiger partial charge in [-0.15, -0.1) is 0 Å². The topological polar surface area (TPSA) is 118 Å². The highest BCUT2D eigenvalue weighted by molar-refractivity contribution is 5.69. The van der Waals surface area contributed by atoms with E-state index >= 15 is 4.39 Å². The Kier molecular flexibility index (Phi) is 4.03. The molecule has 3 N–H and O–H groups in total. The van der Waals surface area contributed by atoms with Gasteiger partial charge in [0.2, 0.25) is 5.95 Å². The number of nitrogens with zero attached hydrogens (tertiary/aromatic N) is 4. The predicted octanol–water partition coefficient (Wildman–Crippen LogP) is 3.13. The van der Waals surface area contributed by atoms with Crippen LogP contribution in [0.1, 0.15) is 55.5 Å². The van der Waals surface area contributed by atoms with E-state index in [4.69, 9.17) is 9.47 Å². The molecule has 1 amide bonds. The summed E-state index contributed by atoms with van der Waals surface area (Å²) < 4.78 is 27.9. The number of carbonyl (C=O) groups excluding carboxylic acids is 1. The van der Waals surface area contributed by atoms with Crippen molar-refractivity contribution in [3.8, 4) is 0 Å². The molecule has 4 saturated carbocycles. The van der Waals surface area contributed by atoms with Gasteiger partial charge in [0.25, 0.3) is 0 Å². The van der Waals surface area contributed by atoms with Crippen molar-refractivity contribution in [2.75, 3.05) is 11.9 Å². The maximum Gasteiger partial charge on any atom is 0.408 e. The van der Waals surface area contributed by atoms with E-state index in [9.17, 15) is 4.79 Å². The summed E-state index contributed by atoms with van der Waals surface area (Å²) >= 11 is 0. The smallest absolute Gasteiger partial charge is 0.408 e. The lowest BCUT2D eigenvalue weighted by molar-refractivity contribution is -0.0528. The number of amides is 1. The first-order chi connectivity index (χ1) is 16.1. The highest BCUT2D eigenvalue weighted by Gasteiger charge is 2.58. The van der Waals surface area contributed by atoms with Crippen molar-refractivity contribution in [3.63, 3.8) is 0 Å². The fraction of sp³-hybridized carbons (Fsp3) is 0.545. The van der Waals surface area contributed by atoms with E-state index < -0.39 is 24.5 Å². The quantitative estimate of drug-likeness (QED) is 0.525. The largest absolute Gasteiger partial charge is 0.441 e. The Hall–Kier alpha value is -3.21. The van der Waals surface area contributed by atoms with Crippen LogP contribution >= 0.6 is 0 Å². The molecule has 0 unspecified atom stereocenters. The molecule has 2 bridgehead atoms. The number of rotatable bonds is 6. The number of carbonyl (C=O) groups is 1. The van der Waals surface area contributed by atoms with Gasteiger partial charge in [0, 0.05) is 29.9 Å². The second-order valence-electron chi connectivity index (χ2n) is 9.80. The Morgan fingerprint density at radius 2 is 2.18 bits per heavy atom. The van der Waals surface area contributed by atoms with Gasteiger partial charge >= 0.3 is 6.09 Å². The average molecular weight is 453 g/mol. The summed E-state index contributed by atoms with van der Waals surface area (Å²) in [5, 5.41) is 13.1. The van der Waals surface area contributed by atoms with Gasteiger partial charge in [0.15, 0.2) is 18.1 Å². The lowest BCUT2D eigenvalue weighted by atomic mass is 9.50. The number of fused-ring (bicyclic) bond motifs is 1. The van der Waals surface area contributed by atoms with Crippen LogP contribution < -0.4 is 10.6 Å². The highest BCUT2D eigenvalue weighted by Crippen LogP contribution is 2.57. The van der Waals surface area contributed by atoms with Crippen molar-refractivity contribution in [1.29, 1.82) is 0 Å². The van der Waals surface area contributed by atoms with Crippen LogP contribution in [0.25, 0.3) is 5.65 Å². The summed E-state index contributed by atoms with van der Waals surface area (Å²) in [7, 11) is 0. The minimum absolute atomic E-state index is 0.00347. The van der Waals surface area contributed by atoms with Crippen molar-refractivity contribution >= 4 is 23.5 Å². The minimum atomic E-state index is -1.49. The molecule has 1 aliphatic heterocycles. The maximum absolute atomic E-state index is 15.0. The van der Waals surface area contributed by atoms with Gasteiger partial charge in [-0.05, 0) is 44.1 Å². The molecule has 172 valence electrons. The number of hydrogen-bond acceptors (Lipinski definition) is 7. The molecule has 0 radical (unpaired) electrons. The van der Waals surface area contributed by atoms with Crippen molar-refractivity contribution in [1.82, 2.24) is 29.9 Å². The molecule has 0 aromatic carbocycles. The molecule has 4 aliphatic carbocycles. The predicted molar refractivity (Wildman–Crippen MR) is 114 cm³/mol. The minimum Gasteiger partial charge on any atom is -0.441 e. The number of hydrogen-bond donors (Lipinski definition) is 3. The Bertz CT molecular complexity index is 1220. The molecule has 11 heteroatoms. The van der Waals surface area contributed by atoms with Crippen LogP contribution in [0.5, 0.6) is 0 Å². The van der Waals surface area contributed by atoms with E-state index in [2.05, 4.69) is 30.8 Å². The average Bonchev–Trinajstić information content (AvgIpc) is 3.16. The molecular formula is C22H24FN7O3. The molecule has 5 aliphatic rings. The summed E-state index contributed by atoms with van der Waals surface area (Å²) in [5.41, 5.74) is 2.23. The Balaban J connectivity index is 1.02. The van der Waals surface area contributed by atoms with E-state index in [1.165, 1.54) is 12.8 Å². The molecule has 4 heterocycles. The first kappa shape index (κ1) is 19.3. The fourth-order valence-corrected chi connectivity index (χ4v) is 5.22. The Morgan fingerprint density at radius 1 is 1.33 bits per heavy atom. The van der Waals surface area contributed by atoms with Gasteiger partial charge < -0.3 is 20.1 Å². The van der Waals surface area contributed by atoms with E-state index in [0.29, 0.717) is 23.4 Å². The van der Waals surface area contributed by atoms with Crippen LogP contribution in [0.3, 0.4) is 0 Å². The van der Waals surface area contributed by atoms with E-state index in [1.54, 1.807) is 12.3 Å². The summed E-state index contributed by atoms with van der Waals surface area (Å²) in [6.45, 7) is -0.00347. The van der Waals surface area contributed by atoms with Crippen LogP contribution in [0.15, 0.2) is 24.5 Å². The number of alkyl carbamates (subject to hydrolysis) is 1. The molecule has 3 aromatic heterocycles. The van der Waals surface area contributed by atoms with Gasteiger partial charge in [0.1, 0.15) is 11.8 Å². The fourth-order valence-electron chi connectivity index (χ4n) is 5.22. The van der Waals surface area contributed by atoms with E-state index in [0.717, 1.165) is 36.5 Å². The van der Waals surface area contributed by atoms with Crippen molar-refractivity contribution in [3.05, 3.63) is 35.9 Å². The number of halogens is 1. The summed E-state index contributed by atoms with van der Waals surface area (Å²) in [6.07, 6.45) is 5.11. The maximum atomic E-state index is 15.0. The molecule has 5 fully saturated rings. The summed E-state index contributed by atoms with van der Waals surface area (Å²) in [5.74, 6) is 2.32. The third kappa shape index (κ3) is 3.25. The Labute approximate surface area is 188 Å². The first-order valence-corrected chi connectivity index (χ1v) is 11.5. The molecule has 33 heavy (non-hydrogen) atoms. The zero-order valence-electron chi connectivity index (χ0n) is 17.8. The molecule has 10 nitrogen and oxygen atoms in total. The molecule has 8 rings (SSSR count). The van der Waals surface area contributed by atoms with Crippen molar-refractivity contribution in [2.45, 2.75) is 61.9 Å². The lowest BCUT2D eigenvalue weighted by Gasteiger charge is -2.61. The van der Waals surface area contributed by atoms with Crippen molar-refractivity contribution < 1.29 is 18.7 Å². The third-order valence-electron chi connectivity index (χ3n) is 7.29. The number of aromatic nitrogens is 5. The summed E-state index contributed by atoms with van der Waals surface area (Å²) in [6, 6.07) is 3.54. The van der Waals surface area contributed by atoms with Crippen LogP contribution in [0.4, 0.5) is 21.0 Å². The number of anilines is 2. The van der Waals surface area contributed by atoms with Gasteiger partial charge in [-0.2, -0.15) is 5.10 Å². The standard InChI is InChI=1S/C22H24FN7O3/c23-18-15(33-21(31)27-22-6-11(7-22)8-22)10-32-19(18)13-5-16(29-28-13)26-20-24-4-3-17-25-14(9-30(17)20)12-1-2-12/h3-5,9,11-12,15,18-19H,1-2,6-8,10H2,(H,27,31)(H2,24,26,28,29)/t11?,15-,18+,19-,22?/m1/s1. The second kappa shape index (κ2) is 6.89.